The second kappa shape index (κ2) is 4.77. The molecule has 0 aromatic heterocycles. The number of rotatable bonds is 2. The maximum Gasteiger partial charge on any atom is 0.0403 e. The van der Waals surface area contributed by atoms with Gasteiger partial charge in [-0.2, -0.15) is 0 Å². The zero-order chi connectivity index (χ0) is 11.5. The van der Waals surface area contributed by atoms with Crippen LogP contribution in [-0.2, 0) is 0 Å². The summed E-state index contributed by atoms with van der Waals surface area (Å²) in [6, 6.07) is 4.77. The lowest BCUT2D eigenvalue weighted by Crippen LogP contribution is -2.23. The third-order valence-corrected chi connectivity index (χ3v) is 3.51. The fraction of sp³-hybridized carbons (Fsp3) is 0.571. The van der Waals surface area contributed by atoms with Crippen LogP contribution >= 0.6 is 0 Å². The summed E-state index contributed by atoms with van der Waals surface area (Å²) in [5.74, 6) is 0. The topological polar surface area (TPSA) is 38.0 Å². The molecule has 1 aliphatic carbocycles. The van der Waals surface area contributed by atoms with E-state index >= 15 is 0 Å². The Labute approximate surface area is 98.2 Å². The Morgan fingerprint density at radius 1 is 1.06 bits per heavy atom. The Morgan fingerprint density at radius 2 is 1.62 bits per heavy atom. The van der Waals surface area contributed by atoms with E-state index in [4.69, 9.17) is 5.73 Å². The molecule has 0 aliphatic heterocycles. The first-order chi connectivity index (χ1) is 7.66. The van der Waals surface area contributed by atoms with Crippen LogP contribution in [0.1, 0.15) is 43.2 Å². The molecule has 0 spiro atoms. The summed E-state index contributed by atoms with van der Waals surface area (Å²) >= 11 is 0. The molecular weight excluding hydrogens is 196 g/mol. The van der Waals surface area contributed by atoms with Crippen LogP contribution in [-0.4, -0.2) is 6.04 Å². The van der Waals surface area contributed by atoms with E-state index < -0.39 is 0 Å². The molecule has 16 heavy (non-hydrogen) atoms. The van der Waals surface area contributed by atoms with Gasteiger partial charge in [0, 0.05) is 17.4 Å². The standard InChI is InChI=1S/C14H22N2/c1-10-8-12(15)9-11(2)14(10)16-13-6-4-3-5-7-13/h8-9,13,16H,3-7,15H2,1-2H3. The van der Waals surface area contributed by atoms with Crippen molar-refractivity contribution in [3.8, 4) is 0 Å². The summed E-state index contributed by atoms with van der Waals surface area (Å²) in [6.07, 6.45) is 6.75. The summed E-state index contributed by atoms with van der Waals surface area (Å²) in [5.41, 5.74) is 10.5. The van der Waals surface area contributed by atoms with Crippen LogP contribution in [0.25, 0.3) is 0 Å². The molecule has 0 radical (unpaired) electrons. The van der Waals surface area contributed by atoms with Crippen LogP contribution in [0, 0.1) is 13.8 Å². The molecule has 1 aliphatic rings. The Morgan fingerprint density at radius 3 is 2.19 bits per heavy atom. The largest absolute Gasteiger partial charge is 0.399 e. The molecular formula is C14H22N2. The van der Waals surface area contributed by atoms with Gasteiger partial charge in [0.15, 0.2) is 0 Å². The smallest absolute Gasteiger partial charge is 0.0403 e. The van der Waals surface area contributed by atoms with Gasteiger partial charge in [-0.1, -0.05) is 19.3 Å². The van der Waals surface area contributed by atoms with Crippen LogP contribution in [0.2, 0.25) is 0 Å². The number of anilines is 2. The fourth-order valence-electron chi connectivity index (χ4n) is 2.68. The van der Waals surface area contributed by atoms with Gasteiger partial charge in [-0.15, -0.1) is 0 Å². The van der Waals surface area contributed by atoms with Crippen LogP contribution in [0.15, 0.2) is 12.1 Å². The molecule has 0 amide bonds. The van der Waals surface area contributed by atoms with E-state index in [1.165, 1.54) is 48.9 Å². The number of aryl methyl sites for hydroxylation is 2. The zero-order valence-corrected chi connectivity index (χ0v) is 10.3. The Bertz CT molecular complexity index is 342. The van der Waals surface area contributed by atoms with E-state index in [-0.39, 0.29) is 0 Å². The van der Waals surface area contributed by atoms with Crippen molar-refractivity contribution in [2.45, 2.75) is 52.0 Å². The number of benzene rings is 1. The molecule has 2 nitrogen and oxygen atoms in total. The van der Waals surface area contributed by atoms with Gasteiger partial charge in [0.05, 0.1) is 0 Å². The van der Waals surface area contributed by atoms with Gasteiger partial charge in [-0.3, -0.25) is 0 Å². The molecule has 0 unspecified atom stereocenters. The summed E-state index contributed by atoms with van der Waals surface area (Å²) in [7, 11) is 0. The first kappa shape index (κ1) is 11.3. The Balaban J connectivity index is 2.14. The molecule has 1 fully saturated rings. The minimum absolute atomic E-state index is 0.662. The summed E-state index contributed by atoms with van der Waals surface area (Å²) in [4.78, 5) is 0. The lowest BCUT2D eigenvalue weighted by atomic mass is 9.94. The molecule has 0 saturated heterocycles. The van der Waals surface area contributed by atoms with Crippen molar-refractivity contribution in [2.75, 3.05) is 11.1 Å². The highest BCUT2D eigenvalue weighted by Crippen LogP contribution is 2.27. The van der Waals surface area contributed by atoms with Crippen molar-refractivity contribution in [3.05, 3.63) is 23.3 Å². The maximum absolute atomic E-state index is 5.83. The van der Waals surface area contributed by atoms with Crippen LogP contribution in [0.4, 0.5) is 11.4 Å². The van der Waals surface area contributed by atoms with Gasteiger partial charge in [0.25, 0.3) is 0 Å². The molecule has 3 N–H and O–H groups in total. The number of hydrogen-bond acceptors (Lipinski definition) is 2. The molecule has 88 valence electrons. The summed E-state index contributed by atoms with van der Waals surface area (Å²) in [6.45, 7) is 4.27. The van der Waals surface area contributed by atoms with Crippen LogP contribution in [0.3, 0.4) is 0 Å². The van der Waals surface area contributed by atoms with Crippen LogP contribution in [0.5, 0.6) is 0 Å². The van der Waals surface area contributed by atoms with Crippen molar-refractivity contribution in [2.24, 2.45) is 0 Å². The van der Waals surface area contributed by atoms with E-state index in [0.717, 1.165) is 5.69 Å². The molecule has 2 heteroatoms. The SMILES string of the molecule is Cc1cc(N)cc(C)c1NC1CCCCC1. The number of nitrogens with two attached hydrogens (primary N) is 1. The Kier molecular flexibility index (Phi) is 3.37. The maximum atomic E-state index is 5.83. The average Bonchev–Trinajstić information content (AvgIpc) is 2.25. The Hall–Kier alpha value is -1.18. The van der Waals surface area contributed by atoms with Gasteiger partial charge >= 0.3 is 0 Å². The van der Waals surface area contributed by atoms with Crippen LogP contribution < -0.4 is 11.1 Å². The lowest BCUT2D eigenvalue weighted by molar-refractivity contribution is 0.462. The molecule has 1 saturated carbocycles. The molecule has 1 aromatic rings. The second-order valence-corrected chi connectivity index (χ2v) is 5.01. The van der Waals surface area contributed by atoms with E-state index in [1.807, 2.05) is 0 Å². The zero-order valence-electron chi connectivity index (χ0n) is 10.3. The van der Waals surface area contributed by atoms with Gasteiger partial charge in [0.2, 0.25) is 0 Å². The molecule has 0 bridgehead atoms. The number of hydrogen-bond donors (Lipinski definition) is 2. The van der Waals surface area contributed by atoms with Crippen molar-refractivity contribution >= 4 is 11.4 Å². The van der Waals surface area contributed by atoms with E-state index in [2.05, 4.69) is 31.3 Å². The van der Waals surface area contributed by atoms with Gasteiger partial charge in [-0.25, -0.2) is 0 Å². The minimum Gasteiger partial charge on any atom is -0.399 e. The third kappa shape index (κ3) is 2.49. The second-order valence-electron chi connectivity index (χ2n) is 5.01. The normalized spacial score (nSPS) is 17.4. The third-order valence-electron chi connectivity index (χ3n) is 3.51. The fourth-order valence-corrected chi connectivity index (χ4v) is 2.68. The molecule has 0 heterocycles. The lowest BCUT2D eigenvalue weighted by Gasteiger charge is -2.26. The number of nitrogen functional groups attached to an aromatic ring is 1. The quantitative estimate of drug-likeness (QED) is 0.744. The highest BCUT2D eigenvalue weighted by atomic mass is 14.9. The minimum atomic E-state index is 0.662. The summed E-state index contributed by atoms with van der Waals surface area (Å²) < 4.78 is 0. The van der Waals surface area contributed by atoms with E-state index in [0.29, 0.717) is 6.04 Å². The van der Waals surface area contributed by atoms with Crippen molar-refractivity contribution in [3.63, 3.8) is 0 Å². The molecule has 1 aromatic carbocycles. The van der Waals surface area contributed by atoms with Crippen molar-refractivity contribution < 1.29 is 0 Å². The van der Waals surface area contributed by atoms with Gasteiger partial charge < -0.3 is 11.1 Å². The average molecular weight is 218 g/mol. The van der Waals surface area contributed by atoms with Gasteiger partial charge in [0.1, 0.15) is 0 Å². The van der Waals surface area contributed by atoms with Gasteiger partial charge in [-0.05, 0) is 49.9 Å². The van der Waals surface area contributed by atoms with E-state index in [9.17, 15) is 0 Å². The summed E-state index contributed by atoms with van der Waals surface area (Å²) in [5, 5.41) is 3.69. The highest BCUT2D eigenvalue weighted by Gasteiger charge is 2.14. The predicted octanol–water partition coefficient (Wildman–Crippen LogP) is 3.63. The van der Waals surface area contributed by atoms with Crippen molar-refractivity contribution in [1.29, 1.82) is 0 Å². The monoisotopic (exact) mass is 218 g/mol. The van der Waals surface area contributed by atoms with E-state index in [1.54, 1.807) is 0 Å². The highest BCUT2D eigenvalue weighted by molar-refractivity contribution is 5.63. The first-order valence-corrected chi connectivity index (χ1v) is 6.30. The first-order valence-electron chi connectivity index (χ1n) is 6.30. The van der Waals surface area contributed by atoms with Crippen molar-refractivity contribution in [1.82, 2.24) is 0 Å². The number of nitrogens with one attached hydrogen (secondary N) is 1. The molecule has 0 atom stereocenters. The molecule has 2 rings (SSSR count). The predicted molar refractivity (Wildman–Crippen MR) is 70.8 cm³/mol.